The normalized spacial score (nSPS) is 37.6. The Hall–Kier alpha value is -1.04. The van der Waals surface area contributed by atoms with E-state index in [9.17, 15) is 0 Å². The molecule has 0 nitrogen and oxygen atoms in total. The van der Waals surface area contributed by atoms with Gasteiger partial charge in [0.25, 0.3) is 0 Å². The second-order valence-electron chi connectivity index (χ2n) is 7.85. The molecule has 23 heavy (non-hydrogen) atoms. The molecule has 3 aliphatic rings. The molecule has 0 bridgehead atoms. The maximum absolute atomic E-state index is 4.36. The minimum Gasteiger partial charge on any atom is -0.0993 e. The Morgan fingerprint density at radius 1 is 1.04 bits per heavy atom. The largest absolute Gasteiger partial charge is 0.0993 e. The molecule has 0 aliphatic heterocycles. The van der Waals surface area contributed by atoms with Crippen LogP contribution in [0.25, 0.3) is 0 Å². The van der Waals surface area contributed by atoms with E-state index in [0.717, 1.165) is 11.8 Å². The molecule has 3 fully saturated rings. The third-order valence-corrected chi connectivity index (χ3v) is 6.38. The Morgan fingerprint density at radius 2 is 1.78 bits per heavy atom. The van der Waals surface area contributed by atoms with Crippen molar-refractivity contribution < 1.29 is 0 Å². The van der Waals surface area contributed by atoms with Gasteiger partial charge in [-0.15, -0.1) is 0 Å². The number of allylic oxidation sites excluding steroid dienone is 6. The van der Waals surface area contributed by atoms with Gasteiger partial charge in [0.15, 0.2) is 0 Å². The van der Waals surface area contributed by atoms with E-state index in [2.05, 4.69) is 39.2 Å². The molecule has 3 aliphatic carbocycles. The first kappa shape index (κ1) is 18.3. The fourth-order valence-corrected chi connectivity index (χ4v) is 4.74. The molecule has 0 aromatic carbocycles. The maximum atomic E-state index is 4.36. The van der Waals surface area contributed by atoms with Crippen LogP contribution in [0, 0.1) is 17.3 Å². The predicted octanol–water partition coefficient (Wildman–Crippen LogP) is 7.40. The second kappa shape index (κ2) is 7.69. The third kappa shape index (κ3) is 3.73. The number of hydrogen-bond donors (Lipinski definition) is 0. The maximum Gasteiger partial charge on any atom is -0.00533 e. The van der Waals surface area contributed by atoms with Crippen molar-refractivity contribution >= 4 is 0 Å². The fraction of sp³-hybridized carbons (Fsp3) is 0.652. The highest BCUT2D eigenvalue weighted by atomic mass is 14.5. The molecule has 0 aromatic rings. The Morgan fingerprint density at radius 3 is 2.52 bits per heavy atom. The lowest BCUT2D eigenvalue weighted by atomic mass is 9.66. The summed E-state index contributed by atoms with van der Waals surface area (Å²) in [5.74, 6) is 1.58. The van der Waals surface area contributed by atoms with Crippen LogP contribution in [0.4, 0.5) is 0 Å². The lowest BCUT2D eigenvalue weighted by molar-refractivity contribution is 0.247. The van der Waals surface area contributed by atoms with Crippen LogP contribution >= 0.6 is 0 Å². The zero-order valence-electron chi connectivity index (χ0n) is 15.9. The molecule has 0 amide bonds. The van der Waals surface area contributed by atoms with Crippen molar-refractivity contribution in [2.45, 2.75) is 79.1 Å². The van der Waals surface area contributed by atoms with Crippen LogP contribution < -0.4 is 0 Å². The summed E-state index contributed by atoms with van der Waals surface area (Å²) in [6, 6.07) is 0. The van der Waals surface area contributed by atoms with Crippen LogP contribution in [0.1, 0.15) is 79.1 Å². The van der Waals surface area contributed by atoms with Crippen molar-refractivity contribution in [2.75, 3.05) is 0 Å². The molecule has 3 atom stereocenters. The van der Waals surface area contributed by atoms with E-state index in [1.165, 1.54) is 68.1 Å². The second-order valence-corrected chi connectivity index (χ2v) is 7.85. The van der Waals surface area contributed by atoms with Gasteiger partial charge in [0.05, 0.1) is 0 Å². The Kier molecular flexibility index (Phi) is 6.12. The van der Waals surface area contributed by atoms with Crippen LogP contribution in [0.15, 0.2) is 47.6 Å². The lowest BCUT2D eigenvalue weighted by Crippen LogP contribution is -2.28. The topological polar surface area (TPSA) is 0 Å². The predicted molar refractivity (Wildman–Crippen MR) is 103 cm³/mol. The molecule has 0 heteroatoms. The summed E-state index contributed by atoms with van der Waals surface area (Å²) in [4.78, 5) is 0. The molecular formula is C23H36. The average molecular weight is 313 g/mol. The highest BCUT2D eigenvalue weighted by Gasteiger charge is 2.44. The summed E-state index contributed by atoms with van der Waals surface area (Å²) >= 11 is 0. The first-order chi connectivity index (χ1) is 11.0. The van der Waals surface area contributed by atoms with E-state index in [0.29, 0.717) is 5.41 Å². The minimum absolute atomic E-state index is 0.388. The van der Waals surface area contributed by atoms with Crippen molar-refractivity contribution in [2.24, 2.45) is 17.3 Å². The first-order valence-corrected chi connectivity index (χ1v) is 9.77. The summed E-state index contributed by atoms with van der Waals surface area (Å²) in [6.07, 6.45) is 15.1. The molecule has 0 radical (unpaired) electrons. The summed E-state index contributed by atoms with van der Waals surface area (Å²) in [6.45, 7) is 17.5. The summed E-state index contributed by atoms with van der Waals surface area (Å²) in [5, 5.41) is 0. The molecule has 3 rings (SSSR count). The van der Waals surface area contributed by atoms with Gasteiger partial charge in [-0.2, -0.15) is 0 Å². The first-order valence-electron chi connectivity index (χ1n) is 9.77. The molecule has 0 aromatic heterocycles. The van der Waals surface area contributed by atoms with Gasteiger partial charge >= 0.3 is 0 Å². The number of hydrogen-bond acceptors (Lipinski definition) is 0. The van der Waals surface area contributed by atoms with Gasteiger partial charge in [0, 0.05) is 0 Å². The SMILES string of the molecule is C=C1CCC(C)C/C1=C/C=C1\CCCC2(C)C(=C)CCC12.CC. The van der Waals surface area contributed by atoms with Crippen LogP contribution in [0.3, 0.4) is 0 Å². The Bertz CT molecular complexity index is 516. The van der Waals surface area contributed by atoms with Crippen LogP contribution in [0.2, 0.25) is 0 Å². The quantitative estimate of drug-likeness (QED) is 0.442. The highest BCUT2D eigenvalue weighted by Crippen LogP contribution is 2.56. The van der Waals surface area contributed by atoms with E-state index in [1.54, 1.807) is 5.57 Å². The molecule has 3 unspecified atom stereocenters. The van der Waals surface area contributed by atoms with Gasteiger partial charge in [-0.1, -0.05) is 69.7 Å². The Balaban J connectivity index is 0.000000924. The van der Waals surface area contributed by atoms with E-state index in [4.69, 9.17) is 0 Å². The van der Waals surface area contributed by atoms with Crippen molar-refractivity contribution in [3.63, 3.8) is 0 Å². The van der Waals surface area contributed by atoms with Crippen molar-refractivity contribution in [1.82, 2.24) is 0 Å². The lowest BCUT2D eigenvalue weighted by Gasteiger charge is -2.39. The summed E-state index contributed by atoms with van der Waals surface area (Å²) in [5.41, 5.74) is 6.45. The van der Waals surface area contributed by atoms with E-state index in [1.807, 2.05) is 13.8 Å². The van der Waals surface area contributed by atoms with Crippen LogP contribution in [-0.4, -0.2) is 0 Å². The molecule has 3 saturated carbocycles. The molecule has 0 spiro atoms. The van der Waals surface area contributed by atoms with E-state index >= 15 is 0 Å². The Labute approximate surface area is 144 Å². The highest BCUT2D eigenvalue weighted by molar-refractivity contribution is 5.37. The monoisotopic (exact) mass is 312 g/mol. The van der Waals surface area contributed by atoms with E-state index < -0.39 is 0 Å². The molecule has 0 N–H and O–H groups in total. The minimum atomic E-state index is 0.388. The van der Waals surface area contributed by atoms with Gasteiger partial charge in [0.2, 0.25) is 0 Å². The average Bonchev–Trinajstić information content (AvgIpc) is 2.86. The summed E-state index contributed by atoms with van der Waals surface area (Å²) < 4.78 is 0. The van der Waals surface area contributed by atoms with Crippen LogP contribution in [0.5, 0.6) is 0 Å². The molecule has 128 valence electrons. The molecule has 0 saturated heterocycles. The summed E-state index contributed by atoms with van der Waals surface area (Å²) in [7, 11) is 0. The number of fused-ring (bicyclic) bond motifs is 1. The van der Waals surface area contributed by atoms with Gasteiger partial charge < -0.3 is 0 Å². The van der Waals surface area contributed by atoms with Gasteiger partial charge in [-0.05, 0) is 74.2 Å². The smallest absolute Gasteiger partial charge is 0.00533 e. The zero-order chi connectivity index (χ0) is 17.0. The standard InChI is InChI=1S/C21H30.C2H6/c1-15-7-8-16(2)19(14-15)11-10-18-6-5-13-21(4)17(3)9-12-20(18)21;1-2/h10-11,15,20H,2-3,5-9,12-14H2,1,4H3;1-2H3/b18-10+,19-11-;. The zero-order valence-corrected chi connectivity index (χ0v) is 15.9. The van der Waals surface area contributed by atoms with Gasteiger partial charge in [-0.25, -0.2) is 0 Å². The van der Waals surface area contributed by atoms with E-state index in [-0.39, 0.29) is 0 Å². The van der Waals surface area contributed by atoms with Gasteiger partial charge in [-0.3, -0.25) is 0 Å². The number of rotatable bonds is 1. The fourth-order valence-electron chi connectivity index (χ4n) is 4.74. The molecule has 0 heterocycles. The third-order valence-electron chi connectivity index (χ3n) is 6.38. The van der Waals surface area contributed by atoms with Crippen molar-refractivity contribution in [3.05, 3.63) is 47.6 Å². The van der Waals surface area contributed by atoms with Crippen molar-refractivity contribution in [3.8, 4) is 0 Å². The van der Waals surface area contributed by atoms with Gasteiger partial charge in [0.1, 0.15) is 0 Å². The van der Waals surface area contributed by atoms with Crippen molar-refractivity contribution in [1.29, 1.82) is 0 Å². The van der Waals surface area contributed by atoms with Crippen LogP contribution in [-0.2, 0) is 0 Å². The molecular weight excluding hydrogens is 276 g/mol.